The smallest absolute Gasteiger partial charge is 0.342 e. The van der Waals surface area contributed by atoms with Crippen molar-refractivity contribution in [3.8, 4) is 22.8 Å². The SMILES string of the molecule is Cc1c2c3c(c4c(O)c5c(c(C)c4oc-3cc1=O)[C@@H](C)[C@H](C)OC5=O)O[C@H](C)[C@H]2C. The Kier molecular flexibility index (Phi) is 3.79. The molecule has 6 nitrogen and oxygen atoms in total. The summed E-state index contributed by atoms with van der Waals surface area (Å²) in [4.78, 5) is 25.4. The van der Waals surface area contributed by atoms with Gasteiger partial charge in [-0.15, -0.1) is 0 Å². The molecule has 0 amide bonds. The van der Waals surface area contributed by atoms with Crippen molar-refractivity contribution in [2.75, 3.05) is 0 Å². The number of rotatable bonds is 0. The van der Waals surface area contributed by atoms with Crippen LogP contribution < -0.4 is 10.2 Å². The van der Waals surface area contributed by atoms with Crippen molar-refractivity contribution in [3.05, 3.63) is 44.1 Å². The topological polar surface area (TPSA) is 86.0 Å². The Balaban J connectivity index is 2.03. The fourth-order valence-corrected chi connectivity index (χ4v) is 5.05. The Morgan fingerprint density at radius 2 is 1.47 bits per heavy atom. The number of phenolic OH excluding ortho intramolecular Hbond substituents is 1. The number of ether oxygens (including phenoxy) is 2. The van der Waals surface area contributed by atoms with Crippen LogP contribution in [0.3, 0.4) is 0 Å². The van der Waals surface area contributed by atoms with Crippen LogP contribution in [0.5, 0.6) is 11.5 Å². The van der Waals surface area contributed by atoms with Crippen LogP contribution in [0, 0.1) is 13.8 Å². The summed E-state index contributed by atoms with van der Waals surface area (Å²) in [5.41, 5.74) is 4.18. The third kappa shape index (κ3) is 2.19. The summed E-state index contributed by atoms with van der Waals surface area (Å²) in [5, 5.41) is 11.6. The van der Waals surface area contributed by atoms with Gasteiger partial charge in [0.2, 0.25) is 0 Å². The van der Waals surface area contributed by atoms with Gasteiger partial charge in [0.1, 0.15) is 46.0 Å². The zero-order valence-electron chi connectivity index (χ0n) is 17.9. The van der Waals surface area contributed by atoms with Gasteiger partial charge in [0.05, 0.1) is 5.56 Å². The van der Waals surface area contributed by atoms with E-state index < -0.39 is 5.97 Å². The number of aromatic hydroxyl groups is 1. The molecule has 5 rings (SSSR count). The third-order valence-corrected chi connectivity index (χ3v) is 7.05. The second-order valence-corrected chi connectivity index (χ2v) is 8.69. The maximum atomic E-state index is 12.7. The van der Waals surface area contributed by atoms with Crippen LogP contribution in [-0.2, 0) is 4.74 Å². The first-order valence-electron chi connectivity index (χ1n) is 10.3. The molecule has 0 unspecified atom stereocenters. The van der Waals surface area contributed by atoms with E-state index in [0.29, 0.717) is 39.2 Å². The number of hydrogen-bond acceptors (Lipinski definition) is 6. The summed E-state index contributed by atoms with van der Waals surface area (Å²) in [7, 11) is 0. The number of fused-ring (bicyclic) bond motifs is 3. The van der Waals surface area contributed by atoms with E-state index in [9.17, 15) is 14.7 Å². The second-order valence-electron chi connectivity index (χ2n) is 8.69. The second kappa shape index (κ2) is 6.00. The number of cyclic esters (lactones) is 1. The molecule has 0 spiro atoms. The van der Waals surface area contributed by atoms with Crippen LogP contribution >= 0.6 is 0 Å². The lowest BCUT2D eigenvalue weighted by Crippen LogP contribution is -2.30. The van der Waals surface area contributed by atoms with Gasteiger partial charge in [0, 0.05) is 23.5 Å². The van der Waals surface area contributed by atoms with Crippen molar-refractivity contribution < 1.29 is 23.8 Å². The van der Waals surface area contributed by atoms with Gasteiger partial charge in [-0.1, -0.05) is 13.8 Å². The Labute approximate surface area is 173 Å². The number of esters is 1. The van der Waals surface area contributed by atoms with Gasteiger partial charge in [0.15, 0.2) is 5.43 Å². The summed E-state index contributed by atoms with van der Waals surface area (Å²) in [6, 6.07) is 1.49. The van der Waals surface area contributed by atoms with Crippen LogP contribution in [0.2, 0.25) is 0 Å². The standard InChI is InChI=1S/C24H24O6/c1-8-12(5)28-23-18-15(7-14(25)10(3)16(8)18)30-22-11(4)17-9(2)13(6)29-24(27)19(17)21(26)20(22)23/h7-9,12-13,26H,1-6H3/t8-,9+,12-,13+/m1/s1. The van der Waals surface area contributed by atoms with E-state index in [1.54, 1.807) is 6.92 Å². The molecule has 4 atom stereocenters. The molecule has 0 saturated carbocycles. The average Bonchev–Trinajstić information content (AvgIpc) is 2.68. The van der Waals surface area contributed by atoms with Gasteiger partial charge in [-0.25, -0.2) is 4.79 Å². The Bertz CT molecular complexity index is 1280. The van der Waals surface area contributed by atoms with E-state index in [-0.39, 0.29) is 40.8 Å². The lowest BCUT2D eigenvalue weighted by molar-refractivity contribution is 0.0236. The molecule has 1 aromatic rings. The molecule has 1 aliphatic carbocycles. The molecule has 0 radical (unpaired) electrons. The fraction of sp³-hybridized carbons (Fsp3) is 0.417. The number of phenols is 1. The highest BCUT2D eigenvalue weighted by atomic mass is 16.5. The molecule has 30 heavy (non-hydrogen) atoms. The van der Waals surface area contributed by atoms with Crippen molar-refractivity contribution in [1.29, 1.82) is 0 Å². The molecule has 0 saturated heterocycles. The van der Waals surface area contributed by atoms with Crippen LogP contribution in [-0.4, -0.2) is 23.3 Å². The lowest BCUT2D eigenvalue weighted by Gasteiger charge is -2.35. The average molecular weight is 408 g/mol. The van der Waals surface area contributed by atoms with E-state index in [1.807, 2.05) is 34.6 Å². The minimum atomic E-state index is -0.547. The molecule has 0 bridgehead atoms. The molecule has 3 aliphatic heterocycles. The molecule has 0 aromatic heterocycles. The molecule has 3 heterocycles. The van der Waals surface area contributed by atoms with Gasteiger partial charge in [0.25, 0.3) is 0 Å². The lowest BCUT2D eigenvalue weighted by atomic mass is 9.81. The highest BCUT2D eigenvalue weighted by Crippen LogP contribution is 2.54. The van der Waals surface area contributed by atoms with Gasteiger partial charge < -0.3 is 19.0 Å². The summed E-state index contributed by atoms with van der Waals surface area (Å²) < 4.78 is 18.0. The Morgan fingerprint density at radius 1 is 0.867 bits per heavy atom. The van der Waals surface area contributed by atoms with E-state index in [0.717, 1.165) is 11.1 Å². The minimum absolute atomic E-state index is 0.0201. The Hall–Kier alpha value is -3.02. The zero-order valence-corrected chi connectivity index (χ0v) is 17.9. The van der Waals surface area contributed by atoms with Gasteiger partial charge in [-0.2, -0.15) is 0 Å². The molecular formula is C24H24O6. The minimum Gasteiger partial charge on any atom is -0.506 e. The Morgan fingerprint density at radius 3 is 2.13 bits per heavy atom. The third-order valence-electron chi connectivity index (χ3n) is 7.05. The maximum Gasteiger partial charge on any atom is 0.342 e. The summed E-state index contributed by atoms with van der Waals surface area (Å²) in [5.74, 6) is 0.0216. The number of carbonyl (C=O) groups is 1. The molecule has 4 aliphatic rings. The van der Waals surface area contributed by atoms with Crippen molar-refractivity contribution in [1.82, 2.24) is 0 Å². The highest BCUT2D eigenvalue weighted by molar-refractivity contribution is 6.08. The van der Waals surface area contributed by atoms with E-state index in [4.69, 9.17) is 13.9 Å². The van der Waals surface area contributed by atoms with E-state index in [2.05, 4.69) is 0 Å². The van der Waals surface area contributed by atoms with Crippen LogP contribution in [0.15, 0.2) is 15.3 Å². The van der Waals surface area contributed by atoms with Crippen LogP contribution in [0.25, 0.3) is 22.3 Å². The van der Waals surface area contributed by atoms with Crippen LogP contribution in [0.4, 0.5) is 0 Å². The fourth-order valence-electron chi connectivity index (χ4n) is 5.05. The summed E-state index contributed by atoms with van der Waals surface area (Å²) in [6.45, 7) is 11.4. The number of benzene rings is 2. The highest BCUT2D eigenvalue weighted by Gasteiger charge is 2.40. The van der Waals surface area contributed by atoms with E-state index in [1.165, 1.54) is 6.07 Å². The van der Waals surface area contributed by atoms with Crippen molar-refractivity contribution in [2.24, 2.45) is 0 Å². The molecule has 0 fully saturated rings. The molecular weight excluding hydrogens is 384 g/mol. The van der Waals surface area contributed by atoms with Crippen molar-refractivity contribution in [3.63, 3.8) is 0 Å². The number of hydrogen-bond donors (Lipinski definition) is 1. The summed E-state index contributed by atoms with van der Waals surface area (Å²) in [6.07, 6.45) is -0.535. The first-order valence-corrected chi connectivity index (χ1v) is 10.3. The van der Waals surface area contributed by atoms with Gasteiger partial charge in [-0.05, 0) is 44.4 Å². The van der Waals surface area contributed by atoms with Gasteiger partial charge in [-0.3, -0.25) is 4.79 Å². The normalized spacial score (nSPS) is 25.2. The predicted molar refractivity (Wildman–Crippen MR) is 112 cm³/mol. The van der Waals surface area contributed by atoms with Crippen LogP contribution in [0.1, 0.15) is 72.1 Å². The van der Waals surface area contributed by atoms with Crippen molar-refractivity contribution in [2.45, 2.75) is 65.6 Å². The summed E-state index contributed by atoms with van der Waals surface area (Å²) >= 11 is 0. The largest absolute Gasteiger partial charge is 0.506 e. The molecule has 156 valence electrons. The molecule has 1 N–H and O–H groups in total. The number of aryl methyl sites for hydroxylation is 1. The van der Waals surface area contributed by atoms with Crippen molar-refractivity contribution >= 4 is 16.9 Å². The van der Waals surface area contributed by atoms with E-state index >= 15 is 0 Å². The predicted octanol–water partition coefficient (Wildman–Crippen LogP) is 4.77. The first kappa shape index (κ1) is 19.0. The zero-order chi connectivity index (χ0) is 21.6. The maximum absolute atomic E-state index is 12.7. The number of carbonyl (C=O) groups excluding carboxylic acids is 1. The molecule has 6 heteroatoms. The monoisotopic (exact) mass is 408 g/mol. The first-order chi connectivity index (χ1) is 14.1. The molecule has 1 aromatic carbocycles. The quantitative estimate of drug-likeness (QED) is 0.426. The van der Waals surface area contributed by atoms with Gasteiger partial charge >= 0.3 is 5.97 Å².